The predicted octanol–water partition coefficient (Wildman–Crippen LogP) is 4.09. The average Bonchev–Trinajstić information content (AvgIpc) is 3.09. The number of benzene rings is 2. The molecule has 0 bridgehead atoms. The van der Waals surface area contributed by atoms with Gasteiger partial charge in [0.1, 0.15) is 23.2 Å². The molecule has 1 aliphatic heterocycles. The molecule has 1 aromatic heterocycles. The molecular weight excluding hydrogens is 319 g/mol. The number of nitrogens with zero attached hydrogens (tertiary/aromatic N) is 2. The molecule has 0 saturated heterocycles. The third-order valence-electron chi connectivity index (χ3n) is 4.44. The summed E-state index contributed by atoms with van der Waals surface area (Å²) in [7, 11) is 0. The Morgan fingerprint density at radius 1 is 1.20 bits per heavy atom. The monoisotopic (exact) mass is 336 g/mol. The van der Waals surface area contributed by atoms with Crippen LogP contribution in [-0.2, 0) is 0 Å². The van der Waals surface area contributed by atoms with Gasteiger partial charge in [0.2, 0.25) is 0 Å². The summed E-state index contributed by atoms with van der Waals surface area (Å²) in [5.74, 6) is 0.256. The lowest BCUT2D eigenvalue weighted by Gasteiger charge is -2.21. The van der Waals surface area contributed by atoms with Gasteiger partial charge in [0.05, 0.1) is 23.2 Å². The SMILES string of the molecule is Cc1ccc(C)c(N2CC(O)=C(c3nc4ccc(F)cc4[nH]3)C2=N)c1. The first-order valence-electron chi connectivity index (χ1n) is 7.95. The largest absolute Gasteiger partial charge is 0.509 e. The van der Waals surface area contributed by atoms with E-state index in [2.05, 4.69) is 9.97 Å². The molecule has 0 spiro atoms. The fourth-order valence-electron chi connectivity index (χ4n) is 3.14. The van der Waals surface area contributed by atoms with E-state index in [0.717, 1.165) is 16.8 Å². The van der Waals surface area contributed by atoms with Crippen molar-refractivity contribution in [2.45, 2.75) is 13.8 Å². The van der Waals surface area contributed by atoms with Crippen LogP contribution in [0.2, 0.25) is 0 Å². The molecule has 1 aliphatic rings. The third kappa shape index (κ3) is 2.46. The molecular formula is C19H17FN4O. The fraction of sp³-hybridized carbons (Fsp3) is 0.158. The number of hydrogen-bond donors (Lipinski definition) is 3. The number of anilines is 1. The average molecular weight is 336 g/mol. The number of halogens is 1. The topological polar surface area (TPSA) is 76.0 Å². The number of amidine groups is 1. The van der Waals surface area contributed by atoms with Gasteiger partial charge in [0, 0.05) is 5.69 Å². The Morgan fingerprint density at radius 3 is 2.80 bits per heavy atom. The summed E-state index contributed by atoms with van der Waals surface area (Å²) in [6, 6.07) is 10.3. The Morgan fingerprint density at radius 2 is 2.00 bits per heavy atom. The van der Waals surface area contributed by atoms with E-state index in [-0.39, 0.29) is 24.0 Å². The first-order chi connectivity index (χ1) is 11.9. The quantitative estimate of drug-likeness (QED) is 0.660. The Hall–Kier alpha value is -3.15. The van der Waals surface area contributed by atoms with E-state index in [1.807, 2.05) is 32.0 Å². The molecule has 3 aromatic rings. The number of hydrogen-bond acceptors (Lipinski definition) is 3. The van der Waals surface area contributed by atoms with Gasteiger partial charge in [0.15, 0.2) is 0 Å². The normalized spacial score (nSPS) is 14.8. The highest BCUT2D eigenvalue weighted by atomic mass is 19.1. The Bertz CT molecular complexity index is 1050. The number of rotatable bonds is 2. The number of aromatic nitrogens is 2. The first kappa shape index (κ1) is 15.4. The number of nitrogens with one attached hydrogen (secondary N) is 2. The van der Waals surface area contributed by atoms with Crippen molar-refractivity contribution in [3.63, 3.8) is 0 Å². The molecule has 6 heteroatoms. The van der Waals surface area contributed by atoms with E-state index in [4.69, 9.17) is 5.41 Å². The molecule has 0 fully saturated rings. The molecule has 4 rings (SSSR count). The van der Waals surface area contributed by atoms with Crippen molar-refractivity contribution >= 4 is 28.1 Å². The minimum absolute atomic E-state index is 0.0745. The van der Waals surface area contributed by atoms with E-state index in [0.29, 0.717) is 22.4 Å². The van der Waals surface area contributed by atoms with Crippen molar-refractivity contribution in [2.75, 3.05) is 11.4 Å². The number of fused-ring (bicyclic) bond motifs is 1. The number of aliphatic hydroxyl groups excluding tert-OH is 1. The zero-order valence-electron chi connectivity index (χ0n) is 13.9. The number of aliphatic hydroxyl groups is 1. The van der Waals surface area contributed by atoms with Crippen LogP contribution in [0.4, 0.5) is 10.1 Å². The van der Waals surface area contributed by atoms with Gasteiger partial charge in [0.25, 0.3) is 0 Å². The maximum absolute atomic E-state index is 13.4. The van der Waals surface area contributed by atoms with Crippen LogP contribution in [0.3, 0.4) is 0 Å². The highest BCUT2D eigenvalue weighted by Gasteiger charge is 2.32. The Balaban J connectivity index is 1.76. The van der Waals surface area contributed by atoms with Gasteiger partial charge >= 0.3 is 0 Å². The molecule has 0 aliphatic carbocycles. The molecule has 3 N–H and O–H groups in total. The fourth-order valence-corrected chi connectivity index (χ4v) is 3.14. The van der Waals surface area contributed by atoms with Gasteiger partial charge < -0.3 is 15.0 Å². The molecule has 126 valence electrons. The van der Waals surface area contributed by atoms with Crippen molar-refractivity contribution in [2.24, 2.45) is 0 Å². The Kier molecular flexibility index (Phi) is 3.35. The van der Waals surface area contributed by atoms with Crippen molar-refractivity contribution in [1.82, 2.24) is 9.97 Å². The summed E-state index contributed by atoms with van der Waals surface area (Å²) in [6.45, 7) is 4.18. The van der Waals surface area contributed by atoms with Gasteiger partial charge in [-0.25, -0.2) is 9.37 Å². The van der Waals surface area contributed by atoms with Crippen LogP contribution in [0.5, 0.6) is 0 Å². The van der Waals surface area contributed by atoms with Crippen LogP contribution < -0.4 is 4.90 Å². The van der Waals surface area contributed by atoms with Crippen LogP contribution in [-0.4, -0.2) is 27.5 Å². The van der Waals surface area contributed by atoms with Crippen molar-refractivity contribution in [1.29, 1.82) is 5.41 Å². The minimum Gasteiger partial charge on any atom is -0.509 e. The lowest BCUT2D eigenvalue weighted by atomic mass is 10.1. The van der Waals surface area contributed by atoms with Gasteiger partial charge in [-0.3, -0.25) is 5.41 Å². The molecule has 0 saturated carbocycles. The maximum Gasteiger partial charge on any atom is 0.145 e. The zero-order valence-corrected chi connectivity index (χ0v) is 13.9. The number of aryl methyl sites for hydroxylation is 2. The van der Waals surface area contributed by atoms with Crippen LogP contribution in [0.15, 0.2) is 42.2 Å². The molecule has 5 nitrogen and oxygen atoms in total. The van der Waals surface area contributed by atoms with Crippen LogP contribution >= 0.6 is 0 Å². The van der Waals surface area contributed by atoms with Crippen molar-refractivity contribution < 1.29 is 9.50 Å². The summed E-state index contributed by atoms with van der Waals surface area (Å²) < 4.78 is 13.4. The summed E-state index contributed by atoms with van der Waals surface area (Å²) in [5.41, 5.74) is 4.46. The number of H-pyrrole nitrogens is 1. The number of aromatic amines is 1. The van der Waals surface area contributed by atoms with Gasteiger partial charge in [-0.15, -0.1) is 0 Å². The maximum atomic E-state index is 13.4. The van der Waals surface area contributed by atoms with Gasteiger partial charge in [-0.2, -0.15) is 0 Å². The smallest absolute Gasteiger partial charge is 0.145 e. The summed E-state index contributed by atoms with van der Waals surface area (Å²) in [4.78, 5) is 9.15. The first-order valence-corrected chi connectivity index (χ1v) is 7.95. The lowest BCUT2D eigenvalue weighted by molar-refractivity contribution is 0.411. The second-order valence-corrected chi connectivity index (χ2v) is 6.29. The highest BCUT2D eigenvalue weighted by Crippen LogP contribution is 2.32. The van der Waals surface area contributed by atoms with E-state index < -0.39 is 0 Å². The molecule has 2 heterocycles. The molecule has 2 aromatic carbocycles. The second kappa shape index (κ2) is 5.44. The molecule has 0 radical (unpaired) electrons. The molecule has 0 unspecified atom stereocenters. The van der Waals surface area contributed by atoms with Crippen molar-refractivity contribution in [3.8, 4) is 0 Å². The second-order valence-electron chi connectivity index (χ2n) is 6.29. The van der Waals surface area contributed by atoms with Crippen molar-refractivity contribution in [3.05, 3.63) is 64.9 Å². The van der Waals surface area contributed by atoms with Crippen LogP contribution in [0.1, 0.15) is 17.0 Å². The van der Waals surface area contributed by atoms with Crippen LogP contribution in [0.25, 0.3) is 16.6 Å². The predicted molar refractivity (Wildman–Crippen MR) is 96.6 cm³/mol. The highest BCUT2D eigenvalue weighted by molar-refractivity contribution is 6.30. The number of imidazole rings is 1. The van der Waals surface area contributed by atoms with Crippen LogP contribution in [0, 0.1) is 25.1 Å². The Labute approximate surface area is 143 Å². The summed E-state index contributed by atoms with van der Waals surface area (Å²) in [6.07, 6.45) is 0. The van der Waals surface area contributed by atoms with E-state index in [1.165, 1.54) is 12.1 Å². The molecule has 0 atom stereocenters. The van der Waals surface area contributed by atoms with E-state index in [9.17, 15) is 9.50 Å². The lowest BCUT2D eigenvalue weighted by Crippen LogP contribution is -2.27. The standard InChI is InChI=1S/C19H17FN4O/c1-10-3-4-11(2)15(7-10)24-9-16(25)17(18(24)21)19-22-13-6-5-12(20)8-14(13)23-19/h3-8,21,25H,9H2,1-2H3,(H,22,23). The van der Waals surface area contributed by atoms with E-state index in [1.54, 1.807) is 11.0 Å². The molecule has 0 amide bonds. The van der Waals surface area contributed by atoms with Gasteiger partial charge in [-0.05, 0) is 49.2 Å². The van der Waals surface area contributed by atoms with Gasteiger partial charge in [-0.1, -0.05) is 12.1 Å². The summed E-state index contributed by atoms with van der Waals surface area (Å²) in [5, 5.41) is 19.0. The molecule has 25 heavy (non-hydrogen) atoms. The van der Waals surface area contributed by atoms with E-state index >= 15 is 0 Å². The minimum atomic E-state index is -0.362. The third-order valence-corrected chi connectivity index (χ3v) is 4.44. The summed E-state index contributed by atoms with van der Waals surface area (Å²) >= 11 is 0. The zero-order chi connectivity index (χ0) is 17.7.